The molecule has 2 heterocycles. The Labute approximate surface area is 125 Å². The number of nitrogens with one attached hydrogen (secondary N) is 1. The molecule has 2 saturated heterocycles. The zero-order valence-electron chi connectivity index (χ0n) is 13.2. The van der Waals surface area contributed by atoms with Gasteiger partial charge >= 0.3 is 6.18 Å². The Morgan fingerprint density at radius 2 is 2.14 bits per heavy atom. The van der Waals surface area contributed by atoms with Crippen LogP contribution >= 0.6 is 0 Å². The van der Waals surface area contributed by atoms with E-state index in [9.17, 15) is 13.2 Å². The highest BCUT2D eigenvalue weighted by Gasteiger charge is 2.35. The Morgan fingerprint density at radius 3 is 2.71 bits per heavy atom. The molecule has 0 amide bonds. The molecule has 0 saturated carbocycles. The normalized spacial score (nSPS) is 31.4. The van der Waals surface area contributed by atoms with Crippen molar-refractivity contribution < 1.29 is 13.2 Å². The molecule has 1 N–H and O–H groups in total. The van der Waals surface area contributed by atoms with Crippen molar-refractivity contribution >= 4 is 0 Å². The van der Waals surface area contributed by atoms with Gasteiger partial charge in [0.25, 0.3) is 0 Å². The lowest BCUT2D eigenvalue weighted by Gasteiger charge is -2.29. The quantitative estimate of drug-likeness (QED) is 0.811. The Kier molecular flexibility index (Phi) is 5.54. The molecule has 2 rings (SSSR count). The smallest absolute Gasteiger partial charge is 0.316 e. The molecule has 0 radical (unpaired) electrons. The van der Waals surface area contributed by atoms with E-state index in [1.807, 2.05) is 6.92 Å². The number of nitrogens with zero attached hydrogens (tertiary/aromatic N) is 2. The summed E-state index contributed by atoms with van der Waals surface area (Å²) in [4.78, 5) is 3.98. The van der Waals surface area contributed by atoms with Gasteiger partial charge in [0.1, 0.15) is 0 Å². The third kappa shape index (κ3) is 5.42. The van der Waals surface area contributed by atoms with Crippen molar-refractivity contribution in [2.45, 2.75) is 32.9 Å². The monoisotopic (exact) mass is 307 g/mol. The third-order valence-corrected chi connectivity index (χ3v) is 4.80. The summed E-state index contributed by atoms with van der Waals surface area (Å²) in [6.07, 6.45) is -1.86. The van der Waals surface area contributed by atoms with Gasteiger partial charge in [-0.05, 0) is 43.8 Å². The molecule has 0 aliphatic carbocycles. The zero-order valence-corrected chi connectivity index (χ0v) is 13.2. The van der Waals surface area contributed by atoms with Gasteiger partial charge in [-0.1, -0.05) is 13.8 Å². The Balaban J connectivity index is 1.76. The fraction of sp³-hybridized carbons (Fsp3) is 1.00. The standard InChI is InChI=1S/C15H28F3N3/c1-3-20(12-15(16,17)18)8-13-4-7-21(9-13)11-14(2)5-6-19-10-14/h13,19H,3-12H2,1-2H3. The minimum absolute atomic E-state index is 0.339. The van der Waals surface area contributed by atoms with Crippen molar-refractivity contribution in [3.63, 3.8) is 0 Å². The lowest BCUT2D eigenvalue weighted by molar-refractivity contribution is -0.146. The van der Waals surface area contributed by atoms with E-state index in [2.05, 4.69) is 17.1 Å². The predicted octanol–water partition coefficient (Wildman–Crippen LogP) is 2.19. The minimum atomic E-state index is -4.09. The first-order valence-corrected chi connectivity index (χ1v) is 8.02. The van der Waals surface area contributed by atoms with Gasteiger partial charge in [-0.3, -0.25) is 4.90 Å². The summed E-state index contributed by atoms with van der Waals surface area (Å²) in [6.45, 7) is 9.58. The van der Waals surface area contributed by atoms with E-state index in [4.69, 9.17) is 0 Å². The fourth-order valence-corrected chi connectivity index (χ4v) is 3.67. The van der Waals surface area contributed by atoms with E-state index in [-0.39, 0.29) is 0 Å². The predicted molar refractivity (Wildman–Crippen MR) is 78.3 cm³/mol. The Bertz CT molecular complexity index is 327. The van der Waals surface area contributed by atoms with Gasteiger partial charge < -0.3 is 10.2 Å². The highest BCUT2D eigenvalue weighted by atomic mass is 19.4. The highest BCUT2D eigenvalue weighted by molar-refractivity contribution is 4.89. The summed E-state index contributed by atoms with van der Waals surface area (Å²) in [7, 11) is 0. The molecule has 6 heteroatoms. The van der Waals surface area contributed by atoms with E-state index in [1.165, 1.54) is 11.3 Å². The number of halogens is 3. The zero-order chi connectivity index (χ0) is 15.5. The summed E-state index contributed by atoms with van der Waals surface area (Å²) < 4.78 is 37.5. The van der Waals surface area contributed by atoms with Gasteiger partial charge in [-0.25, -0.2) is 0 Å². The van der Waals surface area contributed by atoms with Crippen LogP contribution in [0, 0.1) is 11.3 Å². The summed E-state index contributed by atoms with van der Waals surface area (Å²) in [5, 5.41) is 3.41. The molecule has 2 aliphatic heterocycles. The summed E-state index contributed by atoms with van der Waals surface area (Å²) in [5.41, 5.74) is 0.339. The SMILES string of the molecule is CCN(CC1CCN(CC2(C)CCNC2)C1)CC(F)(F)F. The molecule has 2 unspecified atom stereocenters. The van der Waals surface area contributed by atoms with Crippen molar-refractivity contribution in [1.29, 1.82) is 0 Å². The van der Waals surface area contributed by atoms with Crippen LogP contribution in [0.2, 0.25) is 0 Å². The van der Waals surface area contributed by atoms with E-state index in [0.717, 1.165) is 39.1 Å². The molecule has 21 heavy (non-hydrogen) atoms. The maximum atomic E-state index is 12.5. The van der Waals surface area contributed by atoms with Gasteiger partial charge in [-0.15, -0.1) is 0 Å². The first-order chi connectivity index (χ1) is 9.80. The van der Waals surface area contributed by atoms with Crippen molar-refractivity contribution in [3.05, 3.63) is 0 Å². The summed E-state index contributed by atoms with van der Waals surface area (Å²) in [6, 6.07) is 0. The molecule has 0 spiro atoms. The second kappa shape index (κ2) is 6.84. The number of likely N-dealkylation sites (tertiary alicyclic amines) is 1. The molecular weight excluding hydrogens is 279 g/mol. The maximum Gasteiger partial charge on any atom is 0.401 e. The van der Waals surface area contributed by atoms with Crippen LogP contribution in [-0.4, -0.2) is 68.3 Å². The van der Waals surface area contributed by atoms with E-state index in [0.29, 0.717) is 24.4 Å². The van der Waals surface area contributed by atoms with Crippen molar-refractivity contribution in [1.82, 2.24) is 15.1 Å². The lowest BCUT2D eigenvalue weighted by atomic mass is 9.89. The summed E-state index contributed by atoms with van der Waals surface area (Å²) >= 11 is 0. The largest absolute Gasteiger partial charge is 0.401 e. The topological polar surface area (TPSA) is 18.5 Å². The van der Waals surface area contributed by atoms with E-state index in [1.54, 1.807) is 0 Å². The molecule has 0 aromatic rings. The second-order valence-corrected chi connectivity index (χ2v) is 7.07. The maximum absolute atomic E-state index is 12.5. The third-order valence-electron chi connectivity index (χ3n) is 4.80. The fourth-order valence-electron chi connectivity index (χ4n) is 3.67. The van der Waals surface area contributed by atoms with Gasteiger partial charge in [-0.2, -0.15) is 13.2 Å². The molecule has 124 valence electrons. The molecule has 2 fully saturated rings. The number of hydrogen-bond donors (Lipinski definition) is 1. The summed E-state index contributed by atoms with van der Waals surface area (Å²) in [5.74, 6) is 0.380. The molecule has 0 aromatic heterocycles. The van der Waals surface area contributed by atoms with Gasteiger partial charge in [0.05, 0.1) is 6.54 Å². The van der Waals surface area contributed by atoms with Crippen LogP contribution in [0.15, 0.2) is 0 Å². The van der Waals surface area contributed by atoms with Crippen molar-refractivity contribution in [2.75, 3.05) is 52.4 Å². The van der Waals surface area contributed by atoms with Gasteiger partial charge in [0.15, 0.2) is 0 Å². The molecule has 2 aliphatic rings. The average Bonchev–Trinajstić information content (AvgIpc) is 2.97. The van der Waals surface area contributed by atoms with Crippen LogP contribution in [0.3, 0.4) is 0 Å². The molecule has 2 atom stereocenters. The van der Waals surface area contributed by atoms with Crippen molar-refractivity contribution in [3.8, 4) is 0 Å². The highest BCUT2D eigenvalue weighted by Crippen LogP contribution is 2.29. The van der Waals surface area contributed by atoms with Gasteiger partial charge in [0, 0.05) is 26.2 Å². The lowest BCUT2D eigenvalue weighted by Crippen LogP contribution is -2.39. The van der Waals surface area contributed by atoms with Crippen LogP contribution in [-0.2, 0) is 0 Å². The number of hydrogen-bond acceptors (Lipinski definition) is 3. The van der Waals surface area contributed by atoms with Crippen LogP contribution in [0.5, 0.6) is 0 Å². The van der Waals surface area contributed by atoms with Crippen molar-refractivity contribution in [2.24, 2.45) is 11.3 Å². The van der Waals surface area contributed by atoms with Crippen LogP contribution in [0.1, 0.15) is 26.7 Å². The second-order valence-electron chi connectivity index (χ2n) is 7.07. The first kappa shape index (κ1) is 17.0. The number of alkyl halides is 3. The van der Waals surface area contributed by atoms with Crippen LogP contribution < -0.4 is 5.32 Å². The molecule has 3 nitrogen and oxygen atoms in total. The Hall–Kier alpha value is -0.330. The minimum Gasteiger partial charge on any atom is -0.316 e. The van der Waals surface area contributed by atoms with Crippen LogP contribution in [0.4, 0.5) is 13.2 Å². The van der Waals surface area contributed by atoms with E-state index < -0.39 is 12.7 Å². The van der Waals surface area contributed by atoms with Crippen LogP contribution in [0.25, 0.3) is 0 Å². The number of rotatable bonds is 6. The first-order valence-electron chi connectivity index (χ1n) is 8.02. The van der Waals surface area contributed by atoms with Gasteiger partial charge in [0.2, 0.25) is 0 Å². The average molecular weight is 307 g/mol. The Morgan fingerprint density at radius 1 is 1.38 bits per heavy atom. The molecule has 0 bridgehead atoms. The van der Waals surface area contributed by atoms with E-state index >= 15 is 0 Å². The molecule has 0 aromatic carbocycles. The molecular formula is C15H28F3N3.